The molecule has 0 saturated heterocycles. The van der Waals surface area contributed by atoms with Gasteiger partial charge >= 0.3 is 0 Å². The molecule has 1 aliphatic rings. The molecule has 134 valence electrons. The van der Waals surface area contributed by atoms with Crippen LogP contribution in [0, 0.1) is 19.8 Å². The van der Waals surface area contributed by atoms with Crippen LogP contribution >= 0.6 is 0 Å². The van der Waals surface area contributed by atoms with Crippen LogP contribution in [-0.2, 0) is 11.3 Å². The van der Waals surface area contributed by atoms with E-state index in [0.717, 1.165) is 42.0 Å². The molecule has 0 radical (unpaired) electrons. The first-order valence-corrected chi connectivity index (χ1v) is 9.40. The minimum absolute atomic E-state index is 0.235. The molecule has 0 aliphatic heterocycles. The molecule has 0 N–H and O–H groups in total. The Labute approximate surface area is 154 Å². The summed E-state index contributed by atoms with van der Waals surface area (Å²) < 4.78 is 2.15. The zero-order chi connectivity index (χ0) is 18.3. The lowest BCUT2D eigenvalue weighted by Crippen LogP contribution is -2.32. The third kappa shape index (κ3) is 3.12. The fourth-order valence-corrected chi connectivity index (χ4v) is 3.41. The van der Waals surface area contributed by atoms with Gasteiger partial charge in [-0.05, 0) is 45.2 Å². The molecule has 4 heteroatoms. The first-order chi connectivity index (χ1) is 12.6. The zero-order valence-corrected chi connectivity index (χ0v) is 15.7. The molecule has 1 fully saturated rings. The smallest absolute Gasteiger partial charge is 0.226 e. The van der Waals surface area contributed by atoms with Crippen LogP contribution in [0.15, 0.2) is 42.6 Å². The number of carbonyl (C=O) groups excluding carboxylic acids is 1. The summed E-state index contributed by atoms with van der Waals surface area (Å²) >= 11 is 0. The van der Waals surface area contributed by atoms with Crippen LogP contribution in [0.1, 0.15) is 36.6 Å². The van der Waals surface area contributed by atoms with Crippen molar-refractivity contribution >= 4 is 11.6 Å². The summed E-state index contributed by atoms with van der Waals surface area (Å²) in [6.07, 6.45) is 4.18. The highest BCUT2D eigenvalue weighted by molar-refractivity contribution is 5.81. The van der Waals surface area contributed by atoms with Crippen molar-refractivity contribution in [3.63, 3.8) is 0 Å². The molecule has 2 aromatic heterocycles. The van der Waals surface area contributed by atoms with Crippen molar-refractivity contribution < 1.29 is 4.79 Å². The molecule has 3 aromatic rings. The Morgan fingerprint density at radius 2 is 1.81 bits per heavy atom. The number of fused-ring (bicyclic) bond motifs is 1. The Kier molecular flexibility index (Phi) is 4.27. The van der Waals surface area contributed by atoms with E-state index in [1.54, 1.807) is 0 Å². The van der Waals surface area contributed by atoms with E-state index in [-0.39, 0.29) is 11.8 Å². The van der Waals surface area contributed by atoms with Crippen molar-refractivity contribution in [3.8, 4) is 11.3 Å². The van der Waals surface area contributed by atoms with Crippen LogP contribution in [0.5, 0.6) is 0 Å². The second kappa shape index (κ2) is 6.60. The highest BCUT2D eigenvalue weighted by Crippen LogP contribution is 2.32. The average molecular weight is 347 g/mol. The highest BCUT2D eigenvalue weighted by Gasteiger charge is 2.33. The van der Waals surface area contributed by atoms with E-state index in [1.165, 1.54) is 11.1 Å². The molecule has 26 heavy (non-hydrogen) atoms. The van der Waals surface area contributed by atoms with Crippen molar-refractivity contribution in [3.05, 3.63) is 59.4 Å². The summed E-state index contributed by atoms with van der Waals surface area (Å²) in [4.78, 5) is 19.5. The molecule has 1 amide bonds. The largest absolute Gasteiger partial charge is 0.337 e. The van der Waals surface area contributed by atoms with Gasteiger partial charge in [0.25, 0.3) is 0 Å². The van der Waals surface area contributed by atoms with Gasteiger partial charge in [-0.3, -0.25) is 4.79 Å². The number of hydrogen-bond acceptors (Lipinski definition) is 2. The number of aromatic nitrogens is 2. The second-order valence-electron chi connectivity index (χ2n) is 7.33. The predicted molar refractivity (Wildman–Crippen MR) is 104 cm³/mol. The quantitative estimate of drug-likeness (QED) is 0.687. The van der Waals surface area contributed by atoms with Crippen molar-refractivity contribution in [1.29, 1.82) is 0 Å². The lowest BCUT2D eigenvalue weighted by atomic mass is 10.1. The summed E-state index contributed by atoms with van der Waals surface area (Å²) in [6.45, 7) is 7.55. The van der Waals surface area contributed by atoms with E-state index in [4.69, 9.17) is 4.98 Å². The Morgan fingerprint density at radius 3 is 2.46 bits per heavy atom. The van der Waals surface area contributed by atoms with E-state index >= 15 is 0 Å². The number of imidazole rings is 1. The van der Waals surface area contributed by atoms with Gasteiger partial charge in [0.2, 0.25) is 5.91 Å². The molecular weight excluding hydrogens is 322 g/mol. The minimum atomic E-state index is 0.235. The number of nitrogens with zero attached hydrogens (tertiary/aromatic N) is 3. The van der Waals surface area contributed by atoms with Crippen LogP contribution in [-0.4, -0.2) is 26.7 Å². The van der Waals surface area contributed by atoms with Crippen LogP contribution in [0.25, 0.3) is 16.9 Å². The molecule has 1 aliphatic carbocycles. The molecular formula is C22H25N3O. The molecule has 2 heterocycles. The van der Waals surface area contributed by atoms with Gasteiger partial charge in [-0.2, -0.15) is 0 Å². The predicted octanol–water partition coefficient (Wildman–Crippen LogP) is 4.38. The fourth-order valence-electron chi connectivity index (χ4n) is 3.41. The van der Waals surface area contributed by atoms with Crippen LogP contribution in [0.2, 0.25) is 0 Å². The Hall–Kier alpha value is -2.62. The number of aryl methyl sites for hydroxylation is 2. The van der Waals surface area contributed by atoms with Gasteiger partial charge < -0.3 is 9.30 Å². The maximum atomic E-state index is 12.7. The monoisotopic (exact) mass is 347 g/mol. The molecule has 1 aromatic carbocycles. The van der Waals surface area contributed by atoms with Crippen LogP contribution in [0.4, 0.5) is 0 Å². The van der Waals surface area contributed by atoms with E-state index in [9.17, 15) is 4.79 Å². The van der Waals surface area contributed by atoms with Gasteiger partial charge in [-0.25, -0.2) is 4.98 Å². The van der Waals surface area contributed by atoms with Gasteiger partial charge in [0.05, 0.1) is 17.9 Å². The molecule has 0 atom stereocenters. The highest BCUT2D eigenvalue weighted by atomic mass is 16.2. The van der Waals surface area contributed by atoms with Crippen molar-refractivity contribution in [2.45, 2.75) is 40.2 Å². The van der Waals surface area contributed by atoms with Gasteiger partial charge in [-0.15, -0.1) is 0 Å². The second-order valence-corrected chi connectivity index (χ2v) is 7.33. The number of hydrogen-bond donors (Lipinski definition) is 0. The summed E-state index contributed by atoms with van der Waals surface area (Å²) in [5.74, 6) is 0.517. The standard InChI is InChI=1S/C22H25N3O/c1-4-24(22(26)18-10-11-18)14-19-21(17-8-5-15(2)6-9-17)23-20-12-7-16(3)13-25(19)20/h5-9,12-13,18H,4,10-11,14H2,1-3H3. The maximum Gasteiger partial charge on any atom is 0.226 e. The lowest BCUT2D eigenvalue weighted by Gasteiger charge is -2.21. The SMILES string of the molecule is CCN(Cc1c(-c2ccc(C)cc2)nc2ccc(C)cn12)C(=O)C1CC1. The third-order valence-electron chi connectivity index (χ3n) is 5.15. The molecule has 0 spiro atoms. The lowest BCUT2D eigenvalue weighted by molar-refractivity contribution is -0.133. The first-order valence-electron chi connectivity index (χ1n) is 9.40. The molecule has 4 rings (SSSR count). The zero-order valence-electron chi connectivity index (χ0n) is 15.7. The molecule has 1 saturated carbocycles. The third-order valence-corrected chi connectivity index (χ3v) is 5.15. The number of carbonyl (C=O) groups is 1. The first kappa shape index (κ1) is 16.8. The van der Waals surface area contributed by atoms with Gasteiger partial charge in [-0.1, -0.05) is 35.9 Å². The number of benzene rings is 1. The topological polar surface area (TPSA) is 37.6 Å². The van der Waals surface area contributed by atoms with Gasteiger partial charge in [0.15, 0.2) is 0 Å². The summed E-state index contributed by atoms with van der Waals surface area (Å²) in [7, 11) is 0. The van der Waals surface area contributed by atoms with Gasteiger partial charge in [0, 0.05) is 24.2 Å². The summed E-state index contributed by atoms with van der Waals surface area (Å²) in [5, 5.41) is 0. The Bertz CT molecular complexity index is 951. The Balaban J connectivity index is 1.81. The minimum Gasteiger partial charge on any atom is -0.337 e. The Morgan fingerprint density at radius 1 is 1.12 bits per heavy atom. The molecule has 4 nitrogen and oxygen atoms in total. The fraction of sp³-hybridized carbons (Fsp3) is 0.364. The number of amides is 1. The van der Waals surface area contributed by atoms with E-state index < -0.39 is 0 Å². The van der Waals surface area contributed by atoms with Crippen LogP contribution < -0.4 is 0 Å². The molecule has 0 bridgehead atoms. The summed E-state index contributed by atoms with van der Waals surface area (Å²) in [5.41, 5.74) is 6.50. The van der Waals surface area contributed by atoms with Crippen molar-refractivity contribution in [2.24, 2.45) is 5.92 Å². The summed E-state index contributed by atoms with van der Waals surface area (Å²) in [6, 6.07) is 12.6. The number of rotatable bonds is 5. The van der Waals surface area contributed by atoms with Gasteiger partial charge in [0.1, 0.15) is 5.65 Å². The van der Waals surface area contributed by atoms with Crippen molar-refractivity contribution in [2.75, 3.05) is 6.54 Å². The van der Waals surface area contributed by atoms with E-state index in [0.29, 0.717) is 6.54 Å². The molecule has 0 unspecified atom stereocenters. The van der Waals surface area contributed by atoms with Crippen LogP contribution in [0.3, 0.4) is 0 Å². The normalized spacial score (nSPS) is 14.0. The maximum absolute atomic E-state index is 12.7. The van der Waals surface area contributed by atoms with Crippen molar-refractivity contribution in [1.82, 2.24) is 14.3 Å². The number of pyridine rings is 1. The average Bonchev–Trinajstić information content (AvgIpc) is 3.43. The van der Waals surface area contributed by atoms with E-state index in [1.807, 2.05) is 4.90 Å². The van der Waals surface area contributed by atoms with E-state index in [2.05, 4.69) is 67.8 Å².